The van der Waals surface area contributed by atoms with Crippen molar-refractivity contribution in [2.45, 2.75) is 31.9 Å². The normalized spacial score (nSPS) is 12.1. The second-order valence-electron chi connectivity index (χ2n) is 4.32. The van der Waals surface area contributed by atoms with E-state index in [-0.39, 0.29) is 23.4 Å². The maximum atomic E-state index is 11.7. The van der Waals surface area contributed by atoms with Gasteiger partial charge in [-0.3, -0.25) is 13.8 Å². The quantitative estimate of drug-likeness (QED) is 0.716. The third kappa shape index (κ3) is 6.01. The number of hydrogen-bond acceptors (Lipinski definition) is 4. The molecular formula is C13H19NO5S. The number of carboxylic acids is 1. The van der Waals surface area contributed by atoms with Gasteiger partial charge >= 0.3 is 5.97 Å². The smallest absolute Gasteiger partial charge is 0.303 e. The van der Waals surface area contributed by atoms with Crippen LogP contribution in [0.3, 0.4) is 0 Å². The number of aliphatic carboxylic acids is 1. The SMILES string of the molecule is CCCOc1c[nH]c(CS(=O)CCCC(=O)O)cc1=O. The molecule has 1 heterocycles. The minimum absolute atomic E-state index is 0.00601. The number of nitrogens with one attached hydrogen (secondary N) is 1. The molecule has 0 fully saturated rings. The number of carboxylic acid groups (broad SMARTS) is 1. The highest BCUT2D eigenvalue weighted by atomic mass is 32.2. The lowest BCUT2D eigenvalue weighted by Gasteiger charge is -2.05. The number of carbonyl (C=O) groups is 1. The molecule has 1 unspecified atom stereocenters. The maximum Gasteiger partial charge on any atom is 0.303 e. The number of pyridine rings is 1. The second kappa shape index (κ2) is 8.52. The molecule has 0 amide bonds. The van der Waals surface area contributed by atoms with Gasteiger partial charge in [-0.05, 0) is 12.8 Å². The van der Waals surface area contributed by atoms with E-state index in [2.05, 4.69) is 4.98 Å². The van der Waals surface area contributed by atoms with Gasteiger partial charge in [-0.1, -0.05) is 6.92 Å². The molecule has 1 atom stereocenters. The summed E-state index contributed by atoms with van der Waals surface area (Å²) in [6.45, 7) is 2.42. The predicted octanol–water partition coefficient (Wildman–Crippen LogP) is 1.28. The highest BCUT2D eigenvalue weighted by Gasteiger charge is 2.07. The van der Waals surface area contributed by atoms with E-state index in [0.29, 0.717) is 24.5 Å². The summed E-state index contributed by atoms with van der Waals surface area (Å²) in [6, 6.07) is 1.38. The number of H-pyrrole nitrogens is 1. The fourth-order valence-corrected chi connectivity index (χ4v) is 2.66. The van der Waals surface area contributed by atoms with Crippen LogP contribution in [0.2, 0.25) is 0 Å². The molecule has 1 rings (SSSR count). The van der Waals surface area contributed by atoms with Gasteiger partial charge in [0.15, 0.2) is 5.75 Å². The van der Waals surface area contributed by atoms with Crippen molar-refractivity contribution in [3.63, 3.8) is 0 Å². The number of aromatic amines is 1. The minimum Gasteiger partial charge on any atom is -0.488 e. The van der Waals surface area contributed by atoms with Crippen molar-refractivity contribution in [1.29, 1.82) is 0 Å². The van der Waals surface area contributed by atoms with E-state index < -0.39 is 16.8 Å². The van der Waals surface area contributed by atoms with Crippen LogP contribution in [0.1, 0.15) is 31.9 Å². The van der Waals surface area contributed by atoms with Gasteiger partial charge in [-0.2, -0.15) is 0 Å². The lowest BCUT2D eigenvalue weighted by molar-refractivity contribution is -0.137. The first-order valence-electron chi connectivity index (χ1n) is 6.44. The summed E-state index contributed by atoms with van der Waals surface area (Å²) in [5.41, 5.74) is 0.322. The number of hydrogen-bond donors (Lipinski definition) is 2. The van der Waals surface area contributed by atoms with Gasteiger partial charge < -0.3 is 14.8 Å². The summed E-state index contributed by atoms with van der Waals surface area (Å²) in [4.78, 5) is 24.9. The van der Waals surface area contributed by atoms with E-state index in [1.165, 1.54) is 12.3 Å². The second-order valence-corrected chi connectivity index (χ2v) is 5.90. The first-order valence-corrected chi connectivity index (χ1v) is 7.93. The molecule has 0 aromatic carbocycles. The van der Waals surface area contributed by atoms with E-state index in [1.54, 1.807) is 0 Å². The fraction of sp³-hybridized carbons (Fsp3) is 0.538. The van der Waals surface area contributed by atoms with Gasteiger partial charge in [0.25, 0.3) is 0 Å². The van der Waals surface area contributed by atoms with E-state index in [1.807, 2.05) is 6.92 Å². The molecule has 1 aromatic rings. The van der Waals surface area contributed by atoms with Crippen molar-refractivity contribution in [3.05, 3.63) is 28.2 Å². The number of ether oxygens (including phenoxy) is 1. The zero-order valence-corrected chi connectivity index (χ0v) is 12.2. The summed E-state index contributed by atoms with van der Waals surface area (Å²) >= 11 is 0. The molecule has 0 aliphatic heterocycles. The molecule has 0 saturated carbocycles. The van der Waals surface area contributed by atoms with Crippen molar-refractivity contribution in [2.24, 2.45) is 0 Å². The molecule has 20 heavy (non-hydrogen) atoms. The topological polar surface area (TPSA) is 96.5 Å². The van der Waals surface area contributed by atoms with Crippen molar-refractivity contribution in [3.8, 4) is 5.75 Å². The minimum atomic E-state index is -1.18. The first-order chi connectivity index (χ1) is 9.52. The average Bonchev–Trinajstić information content (AvgIpc) is 2.37. The molecule has 6 nitrogen and oxygen atoms in total. The van der Waals surface area contributed by atoms with Crippen molar-refractivity contribution < 1.29 is 18.8 Å². The van der Waals surface area contributed by atoms with Gasteiger partial charge in [0.1, 0.15) is 0 Å². The van der Waals surface area contributed by atoms with E-state index in [9.17, 15) is 13.8 Å². The Labute approximate surface area is 119 Å². The summed E-state index contributed by atoms with van der Waals surface area (Å²) in [5.74, 6) is -0.120. The van der Waals surface area contributed by atoms with Gasteiger partial charge in [-0.25, -0.2) is 0 Å². The lowest BCUT2D eigenvalue weighted by atomic mass is 10.3. The van der Waals surface area contributed by atoms with Crippen LogP contribution in [0, 0.1) is 0 Å². The largest absolute Gasteiger partial charge is 0.488 e. The standard InChI is InChI=1S/C13H19NO5S/c1-2-5-19-12-8-14-10(7-11(12)15)9-20(18)6-3-4-13(16)17/h7-8H,2-6,9H2,1H3,(H,14,15)(H,16,17). The molecular weight excluding hydrogens is 282 g/mol. The van der Waals surface area contributed by atoms with Crippen LogP contribution in [0.15, 0.2) is 17.1 Å². The third-order valence-electron chi connectivity index (χ3n) is 2.48. The van der Waals surface area contributed by atoms with Crippen LogP contribution in [-0.4, -0.2) is 32.6 Å². The van der Waals surface area contributed by atoms with Crippen LogP contribution >= 0.6 is 0 Å². The Balaban J connectivity index is 2.52. The monoisotopic (exact) mass is 301 g/mol. The molecule has 0 bridgehead atoms. The number of rotatable bonds is 9. The highest BCUT2D eigenvalue weighted by molar-refractivity contribution is 7.84. The molecule has 1 aromatic heterocycles. The number of aromatic nitrogens is 1. The van der Waals surface area contributed by atoms with Crippen LogP contribution in [-0.2, 0) is 21.3 Å². The Bertz CT molecular complexity index is 526. The first kappa shape index (κ1) is 16.4. The van der Waals surface area contributed by atoms with Crippen LogP contribution in [0.4, 0.5) is 0 Å². The van der Waals surface area contributed by atoms with Gasteiger partial charge in [-0.15, -0.1) is 0 Å². The van der Waals surface area contributed by atoms with Crippen LogP contribution < -0.4 is 10.2 Å². The summed E-state index contributed by atoms with van der Waals surface area (Å²) in [7, 11) is -1.18. The predicted molar refractivity (Wildman–Crippen MR) is 76.4 cm³/mol. The molecule has 0 aliphatic rings. The van der Waals surface area contributed by atoms with Crippen molar-refractivity contribution in [1.82, 2.24) is 4.98 Å². The Morgan fingerprint density at radius 1 is 1.50 bits per heavy atom. The highest BCUT2D eigenvalue weighted by Crippen LogP contribution is 2.05. The molecule has 0 saturated heterocycles. The fourth-order valence-electron chi connectivity index (χ4n) is 1.54. The average molecular weight is 301 g/mol. The molecule has 112 valence electrons. The van der Waals surface area contributed by atoms with Crippen molar-refractivity contribution in [2.75, 3.05) is 12.4 Å². The lowest BCUT2D eigenvalue weighted by Crippen LogP contribution is -2.12. The van der Waals surface area contributed by atoms with E-state index >= 15 is 0 Å². The third-order valence-corrected chi connectivity index (χ3v) is 3.85. The zero-order chi connectivity index (χ0) is 15.0. The van der Waals surface area contributed by atoms with Crippen LogP contribution in [0.5, 0.6) is 5.75 Å². The Morgan fingerprint density at radius 2 is 2.25 bits per heavy atom. The molecule has 7 heteroatoms. The Kier molecular flexibility index (Phi) is 7.00. The van der Waals surface area contributed by atoms with Gasteiger partial charge in [0.05, 0.1) is 12.4 Å². The summed E-state index contributed by atoms with van der Waals surface area (Å²) in [5, 5.41) is 8.49. The van der Waals surface area contributed by atoms with Crippen molar-refractivity contribution >= 4 is 16.8 Å². The zero-order valence-electron chi connectivity index (χ0n) is 11.4. The summed E-state index contributed by atoms with van der Waals surface area (Å²) in [6.07, 6.45) is 2.66. The molecule has 0 aliphatic carbocycles. The van der Waals surface area contributed by atoms with Gasteiger partial charge in [0, 0.05) is 40.9 Å². The molecule has 2 N–H and O–H groups in total. The van der Waals surface area contributed by atoms with Gasteiger partial charge in [0.2, 0.25) is 5.43 Å². The van der Waals surface area contributed by atoms with E-state index in [4.69, 9.17) is 9.84 Å². The van der Waals surface area contributed by atoms with E-state index in [0.717, 1.165) is 6.42 Å². The van der Waals surface area contributed by atoms with Crippen LogP contribution in [0.25, 0.3) is 0 Å². The maximum absolute atomic E-state index is 11.7. The molecule has 0 spiro atoms. The molecule has 0 radical (unpaired) electrons. The Hall–Kier alpha value is -1.63. The summed E-state index contributed by atoms with van der Waals surface area (Å²) < 4.78 is 17.0. The Morgan fingerprint density at radius 3 is 2.85 bits per heavy atom.